The number of amidine groups is 1. The van der Waals surface area contributed by atoms with Crippen molar-refractivity contribution in [3.05, 3.63) is 39.4 Å². The van der Waals surface area contributed by atoms with Crippen molar-refractivity contribution in [2.75, 3.05) is 0 Å². The van der Waals surface area contributed by atoms with Crippen LogP contribution in [-0.2, 0) is 6.18 Å². The molecule has 0 aliphatic rings. The summed E-state index contributed by atoms with van der Waals surface area (Å²) in [5, 5.41) is 17.3. The summed E-state index contributed by atoms with van der Waals surface area (Å²) in [5.74, 6) is -0.790. The van der Waals surface area contributed by atoms with Crippen molar-refractivity contribution in [1.29, 1.82) is 5.41 Å². The molecule has 5 nitrogen and oxygen atoms in total. The van der Waals surface area contributed by atoms with Gasteiger partial charge >= 0.3 is 6.18 Å². The Kier molecular flexibility index (Phi) is 2.84. The van der Waals surface area contributed by atoms with Gasteiger partial charge < -0.3 is 5.73 Å². The van der Waals surface area contributed by atoms with Crippen LogP contribution in [0.1, 0.15) is 11.1 Å². The van der Waals surface area contributed by atoms with Crippen molar-refractivity contribution < 1.29 is 18.1 Å². The second-order valence-corrected chi connectivity index (χ2v) is 2.90. The summed E-state index contributed by atoms with van der Waals surface area (Å²) < 4.78 is 37.4. The number of nitrogens with zero attached hydrogens (tertiary/aromatic N) is 1. The summed E-state index contributed by atoms with van der Waals surface area (Å²) in [5.41, 5.74) is 2.40. The number of alkyl halides is 3. The lowest BCUT2D eigenvalue weighted by molar-refractivity contribution is -0.385. The normalized spacial score (nSPS) is 11.2. The summed E-state index contributed by atoms with van der Waals surface area (Å²) >= 11 is 0. The molecule has 0 radical (unpaired) electrons. The number of non-ortho nitro benzene ring substituents is 1. The standard InChI is InChI=1S/C8H6F3N3O2/c9-8(10,11)6-3-4(14(15)16)1-2-5(6)7(12)13/h1-3H,(H3,12,13). The van der Waals surface area contributed by atoms with Gasteiger partial charge in [-0.2, -0.15) is 13.2 Å². The van der Waals surface area contributed by atoms with E-state index in [2.05, 4.69) is 0 Å². The Hall–Kier alpha value is -2.12. The van der Waals surface area contributed by atoms with E-state index in [-0.39, 0.29) is 0 Å². The van der Waals surface area contributed by atoms with Crippen LogP contribution in [0.5, 0.6) is 0 Å². The fourth-order valence-electron chi connectivity index (χ4n) is 1.12. The molecule has 0 saturated carbocycles. The molecule has 0 fully saturated rings. The molecule has 0 saturated heterocycles. The summed E-state index contributed by atoms with van der Waals surface area (Å²) in [6.07, 6.45) is -4.78. The number of nitrogen functional groups attached to an aromatic ring is 1. The average molecular weight is 233 g/mol. The van der Waals surface area contributed by atoms with Gasteiger partial charge in [0.25, 0.3) is 5.69 Å². The van der Waals surface area contributed by atoms with Crippen LogP contribution in [0.2, 0.25) is 0 Å². The number of hydrogen-bond donors (Lipinski definition) is 2. The Bertz CT molecular complexity index is 456. The molecule has 3 N–H and O–H groups in total. The van der Waals surface area contributed by atoms with E-state index in [9.17, 15) is 23.3 Å². The first-order valence-electron chi connectivity index (χ1n) is 3.93. The van der Waals surface area contributed by atoms with E-state index < -0.39 is 33.7 Å². The third-order valence-corrected chi connectivity index (χ3v) is 1.81. The maximum atomic E-state index is 12.5. The van der Waals surface area contributed by atoms with E-state index in [1.54, 1.807) is 0 Å². The van der Waals surface area contributed by atoms with Crippen molar-refractivity contribution in [1.82, 2.24) is 0 Å². The van der Waals surface area contributed by atoms with Gasteiger partial charge in [0, 0.05) is 17.7 Å². The number of nitro benzene ring substituents is 1. The van der Waals surface area contributed by atoms with Crippen LogP contribution < -0.4 is 5.73 Å². The Morgan fingerprint density at radius 3 is 2.38 bits per heavy atom. The summed E-state index contributed by atoms with van der Waals surface area (Å²) in [7, 11) is 0. The van der Waals surface area contributed by atoms with Crippen LogP contribution in [0.4, 0.5) is 18.9 Å². The van der Waals surface area contributed by atoms with Crippen molar-refractivity contribution in [2.24, 2.45) is 5.73 Å². The topological polar surface area (TPSA) is 93.0 Å². The SMILES string of the molecule is N=C(N)c1ccc([N+](=O)[O-])cc1C(F)(F)F. The molecule has 0 amide bonds. The van der Waals surface area contributed by atoms with E-state index in [1.807, 2.05) is 0 Å². The highest BCUT2D eigenvalue weighted by molar-refractivity contribution is 5.96. The monoisotopic (exact) mass is 233 g/mol. The van der Waals surface area contributed by atoms with Crippen LogP contribution in [0.15, 0.2) is 18.2 Å². The molecule has 8 heteroatoms. The predicted molar refractivity (Wildman–Crippen MR) is 49.1 cm³/mol. The van der Waals surface area contributed by atoms with E-state index in [0.717, 1.165) is 12.1 Å². The molecule has 0 aromatic heterocycles. The van der Waals surface area contributed by atoms with E-state index >= 15 is 0 Å². The van der Waals surface area contributed by atoms with Crippen molar-refractivity contribution >= 4 is 11.5 Å². The van der Waals surface area contributed by atoms with Gasteiger partial charge in [-0.05, 0) is 6.07 Å². The van der Waals surface area contributed by atoms with Crippen molar-refractivity contribution in [3.63, 3.8) is 0 Å². The molecule has 0 heterocycles. The maximum Gasteiger partial charge on any atom is 0.417 e. The van der Waals surface area contributed by atoms with Gasteiger partial charge in [0.1, 0.15) is 5.84 Å². The first-order valence-corrected chi connectivity index (χ1v) is 3.93. The minimum atomic E-state index is -4.78. The molecule has 0 unspecified atom stereocenters. The van der Waals surface area contributed by atoms with Gasteiger partial charge in [-0.3, -0.25) is 15.5 Å². The van der Waals surface area contributed by atoms with Crippen molar-refractivity contribution in [2.45, 2.75) is 6.18 Å². The number of rotatable bonds is 2. The molecule has 0 bridgehead atoms. The molecule has 0 aliphatic carbocycles. The molecule has 1 rings (SSSR count). The molecular weight excluding hydrogens is 227 g/mol. The average Bonchev–Trinajstić information content (AvgIpc) is 2.15. The zero-order chi connectivity index (χ0) is 12.5. The Morgan fingerprint density at radius 2 is 2.00 bits per heavy atom. The molecule has 1 aromatic rings. The van der Waals surface area contributed by atoms with Crippen LogP contribution in [0.3, 0.4) is 0 Å². The van der Waals surface area contributed by atoms with Gasteiger partial charge in [-0.15, -0.1) is 0 Å². The lowest BCUT2D eigenvalue weighted by Crippen LogP contribution is -2.19. The number of nitro groups is 1. The molecule has 0 aliphatic heterocycles. The minimum absolute atomic E-state index is 0.358. The summed E-state index contributed by atoms with van der Waals surface area (Å²) in [6.45, 7) is 0. The fraction of sp³-hybridized carbons (Fsp3) is 0.125. The van der Waals surface area contributed by atoms with Crippen LogP contribution in [-0.4, -0.2) is 10.8 Å². The van der Waals surface area contributed by atoms with E-state index in [1.165, 1.54) is 0 Å². The number of benzene rings is 1. The lowest BCUT2D eigenvalue weighted by Gasteiger charge is -2.11. The number of nitrogens with two attached hydrogens (primary N) is 1. The van der Waals surface area contributed by atoms with Gasteiger partial charge in [-0.1, -0.05) is 0 Å². The highest BCUT2D eigenvalue weighted by Gasteiger charge is 2.35. The zero-order valence-electron chi connectivity index (χ0n) is 7.71. The molecule has 16 heavy (non-hydrogen) atoms. The van der Waals surface area contributed by atoms with Gasteiger partial charge in [0.15, 0.2) is 0 Å². The lowest BCUT2D eigenvalue weighted by atomic mass is 10.1. The number of hydrogen-bond acceptors (Lipinski definition) is 3. The maximum absolute atomic E-state index is 12.5. The second kappa shape index (κ2) is 3.80. The first-order chi connectivity index (χ1) is 7.23. The van der Waals surface area contributed by atoms with Gasteiger partial charge in [0.05, 0.1) is 10.5 Å². The summed E-state index contributed by atoms with van der Waals surface area (Å²) in [4.78, 5) is 9.37. The van der Waals surface area contributed by atoms with Crippen LogP contribution in [0, 0.1) is 15.5 Å². The smallest absolute Gasteiger partial charge is 0.384 e. The molecule has 86 valence electrons. The Labute approximate surface area is 87.3 Å². The zero-order valence-corrected chi connectivity index (χ0v) is 7.71. The quantitative estimate of drug-likeness (QED) is 0.353. The van der Waals surface area contributed by atoms with Gasteiger partial charge in [-0.25, -0.2) is 0 Å². The largest absolute Gasteiger partial charge is 0.417 e. The van der Waals surface area contributed by atoms with Gasteiger partial charge in [0.2, 0.25) is 0 Å². The summed E-state index contributed by atoms with van der Waals surface area (Å²) in [6, 6.07) is 2.03. The van der Waals surface area contributed by atoms with Crippen LogP contribution >= 0.6 is 0 Å². The molecule has 0 spiro atoms. The van der Waals surface area contributed by atoms with Crippen LogP contribution in [0.25, 0.3) is 0 Å². The molecule has 0 atom stereocenters. The highest BCUT2D eigenvalue weighted by atomic mass is 19.4. The first kappa shape index (κ1) is 12.0. The second-order valence-electron chi connectivity index (χ2n) is 2.90. The minimum Gasteiger partial charge on any atom is -0.384 e. The molecular formula is C8H6F3N3O2. The number of nitrogens with one attached hydrogen (secondary N) is 1. The molecule has 1 aromatic carbocycles. The Balaban J connectivity index is 3.45. The fourth-order valence-corrected chi connectivity index (χ4v) is 1.12. The number of halogens is 3. The van der Waals surface area contributed by atoms with E-state index in [4.69, 9.17) is 11.1 Å². The predicted octanol–water partition coefficient (Wildman–Crippen LogP) is 1.90. The Morgan fingerprint density at radius 1 is 1.44 bits per heavy atom. The highest BCUT2D eigenvalue weighted by Crippen LogP contribution is 2.34. The van der Waals surface area contributed by atoms with Crippen molar-refractivity contribution in [3.8, 4) is 0 Å². The third kappa shape index (κ3) is 2.27. The van der Waals surface area contributed by atoms with E-state index in [0.29, 0.717) is 6.07 Å². The third-order valence-electron chi connectivity index (χ3n) is 1.81.